The van der Waals surface area contributed by atoms with E-state index in [4.69, 9.17) is 26.2 Å². The van der Waals surface area contributed by atoms with E-state index in [0.717, 1.165) is 18.4 Å². The number of hydrogen-bond donors (Lipinski definition) is 1. The van der Waals surface area contributed by atoms with Crippen LogP contribution in [0.4, 0.5) is 0 Å². The fourth-order valence-electron chi connectivity index (χ4n) is 1.74. The molecule has 0 aliphatic heterocycles. The number of ether oxygens (including phenoxy) is 2. The van der Waals surface area contributed by atoms with Gasteiger partial charge in [-0.15, -0.1) is 0 Å². The zero-order valence-electron chi connectivity index (χ0n) is 11.9. The quantitative estimate of drug-likeness (QED) is 0.702. The average Bonchev–Trinajstić information content (AvgIpc) is 2.39. The molecule has 0 aliphatic carbocycles. The molecule has 4 nitrogen and oxygen atoms in total. The fourth-order valence-corrected chi connectivity index (χ4v) is 2.03. The van der Waals surface area contributed by atoms with E-state index < -0.39 is 5.97 Å². The molecule has 0 spiro atoms. The Morgan fingerprint density at radius 3 is 2.65 bits per heavy atom. The van der Waals surface area contributed by atoms with Crippen LogP contribution in [-0.2, 0) is 11.2 Å². The largest absolute Gasteiger partial charge is 0.490 e. The van der Waals surface area contributed by atoms with Crippen molar-refractivity contribution in [1.29, 1.82) is 0 Å². The maximum absolute atomic E-state index is 10.6. The minimum Gasteiger partial charge on any atom is -0.490 e. The monoisotopic (exact) mass is 300 g/mol. The molecule has 1 N–H and O–H groups in total. The Balaban J connectivity index is 2.89. The number of rotatable bonds is 9. The van der Waals surface area contributed by atoms with Gasteiger partial charge < -0.3 is 14.6 Å². The molecule has 20 heavy (non-hydrogen) atoms. The van der Waals surface area contributed by atoms with Crippen LogP contribution in [0.5, 0.6) is 11.5 Å². The van der Waals surface area contributed by atoms with E-state index in [0.29, 0.717) is 36.2 Å². The number of aliphatic carboxylic acids is 1. The van der Waals surface area contributed by atoms with E-state index in [2.05, 4.69) is 6.92 Å². The summed E-state index contributed by atoms with van der Waals surface area (Å²) in [6.07, 6.45) is 2.48. The van der Waals surface area contributed by atoms with Gasteiger partial charge in [0.2, 0.25) is 0 Å². The molecule has 0 saturated carbocycles. The normalized spacial score (nSPS) is 10.3. The van der Waals surface area contributed by atoms with E-state index in [1.165, 1.54) is 0 Å². The molecule has 5 heteroatoms. The number of hydrogen-bond acceptors (Lipinski definition) is 3. The maximum Gasteiger partial charge on any atom is 0.303 e. The first-order valence-electron chi connectivity index (χ1n) is 6.88. The lowest BCUT2D eigenvalue weighted by atomic mass is 10.1. The van der Waals surface area contributed by atoms with Crippen LogP contribution in [0.2, 0.25) is 5.02 Å². The van der Waals surface area contributed by atoms with Crippen LogP contribution in [0.1, 0.15) is 38.7 Å². The first-order chi connectivity index (χ1) is 9.58. The van der Waals surface area contributed by atoms with Crippen LogP contribution in [0.15, 0.2) is 12.1 Å². The Hall–Kier alpha value is -1.42. The lowest BCUT2D eigenvalue weighted by Gasteiger charge is -2.15. The highest BCUT2D eigenvalue weighted by Crippen LogP contribution is 2.37. The number of carbonyl (C=O) groups is 1. The predicted octanol–water partition coefficient (Wildman–Crippen LogP) is 3.93. The van der Waals surface area contributed by atoms with Crippen molar-refractivity contribution in [3.8, 4) is 11.5 Å². The zero-order chi connectivity index (χ0) is 15.0. The second kappa shape index (κ2) is 8.69. The second-order valence-electron chi connectivity index (χ2n) is 4.43. The molecule has 1 aromatic carbocycles. The molecule has 112 valence electrons. The summed E-state index contributed by atoms with van der Waals surface area (Å²) in [5.74, 6) is 0.292. The van der Waals surface area contributed by atoms with Crippen LogP contribution >= 0.6 is 11.6 Å². The summed E-state index contributed by atoms with van der Waals surface area (Å²) in [5.41, 5.74) is 0.837. The molecule has 0 amide bonds. The highest BCUT2D eigenvalue weighted by atomic mass is 35.5. The Morgan fingerprint density at radius 1 is 1.30 bits per heavy atom. The molecule has 0 aromatic heterocycles. The summed E-state index contributed by atoms with van der Waals surface area (Å²) >= 11 is 6.21. The summed E-state index contributed by atoms with van der Waals surface area (Å²) in [5, 5.41) is 9.19. The molecule has 0 unspecified atom stereocenters. The molecule has 0 atom stereocenters. The van der Waals surface area contributed by atoms with E-state index in [-0.39, 0.29) is 6.42 Å². The minimum absolute atomic E-state index is 0.0674. The highest BCUT2D eigenvalue weighted by molar-refractivity contribution is 6.32. The van der Waals surface area contributed by atoms with Gasteiger partial charge in [0.25, 0.3) is 0 Å². The Morgan fingerprint density at radius 2 is 2.05 bits per heavy atom. The SMILES string of the molecule is CCCCOc1c(Cl)cc(CCC(=O)O)cc1OCC. The Kier molecular flexibility index (Phi) is 7.23. The molecule has 0 heterocycles. The van der Waals surface area contributed by atoms with Gasteiger partial charge in [-0.1, -0.05) is 24.9 Å². The standard InChI is InChI=1S/C15H21ClO4/c1-3-5-8-20-15-12(16)9-11(6-7-14(17)18)10-13(15)19-4-2/h9-10H,3-8H2,1-2H3,(H,17,18). The topological polar surface area (TPSA) is 55.8 Å². The molecular weight excluding hydrogens is 280 g/mol. The lowest BCUT2D eigenvalue weighted by Crippen LogP contribution is -2.03. The van der Waals surface area contributed by atoms with Crippen molar-refractivity contribution in [2.45, 2.75) is 39.5 Å². The lowest BCUT2D eigenvalue weighted by molar-refractivity contribution is -0.136. The van der Waals surface area contributed by atoms with Crippen LogP contribution < -0.4 is 9.47 Å². The van der Waals surface area contributed by atoms with E-state index in [1.54, 1.807) is 12.1 Å². The minimum atomic E-state index is -0.831. The first kappa shape index (κ1) is 16.6. The van der Waals surface area contributed by atoms with Gasteiger partial charge in [0.05, 0.1) is 18.2 Å². The van der Waals surface area contributed by atoms with Gasteiger partial charge in [0, 0.05) is 6.42 Å². The third-order valence-electron chi connectivity index (χ3n) is 2.74. The van der Waals surface area contributed by atoms with E-state index in [9.17, 15) is 4.79 Å². The van der Waals surface area contributed by atoms with Gasteiger partial charge in [-0.3, -0.25) is 4.79 Å². The van der Waals surface area contributed by atoms with Crippen molar-refractivity contribution < 1.29 is 19.4 Å². The van der Waals surface area contributed by atoms with Crippen molar-refractivity contribution in [1.82, 2.24) is 0 Å². The average molecular weight is 301 g/mol. The first-order valence-corrected chi connectivity index (χ1v) is 7.26. The predicted molar refractivity (Wildman–Crippen MR) is 79.0 cm³/mol. The summed E-state index contributed by atoms with van der Waals surface area (Å²) in [6.45, 7) is 5.06. The summed E-state index contributed by atoms with van der Waals surface area (Å²) in [6, 6.07) is 3.55. The number of benzene rings is 1. The van der Waals surface area contributed by atoms with Crippen molar-refractivity contribution >= 4 is 17.6 Å². The molecule has 1 rings (SSSR count). The Bertz CT molecular complexity index is 446. The van der Waals surface area contributed by atoms with Gasteiger partial charge >= 0.3 is 5.97 Å². The summed E-state index contributed by atoms with van der Waals surface area (Å²) < 4.78 is 11.2. The van der Waals surface area contributed by atoms with Crippen molar-refractivity contribution in [3.05, 3.63) is 22.7 Å². The van der Waals surface area contributed by atoms with Gasteiger partial charge in [-0.05, 0) is 37.5 Å². The van der Waals surface area contributed by atoms with Crippen LogP contribution in [-0.4, -0.2) is 24.3 Å². The maximum atomic E-state index is 10.6. The second-order valence-corrected chi connectivity index (χ2v) is 4.84. The van der Waals surface area contributed by atoms with E-state index in [1.807, 2.05) is 6.92 Å². The smallest absolute Gasteiger partial charge is 0.303 e. The number of unbranched alkanes of at least 4 members (excludes halogenated alkanes) is 1. The summed E-state index contributed by atoms with van der Waals surface area (Å²) in [7, 11) is 0. The van der Waals surface area contributed by atoms with Gasteiger partial charge in [-0.2, -0.15) is 0 Å². The van der Waals surface area contributed by atoms with Crippen LogP contribution in [0.25, 0.3) is 0 Å². The van der Waals surface area contributed by atoms with Crippen molar-refractivity contribution in [3.63, 3.8) is 0 Å². The van der Waals surface area contributed by atoms with E-state index >= 15 is 0 Å². The number of carboxylic acid groups (broad SMARTS) is 1. The number of aryl methyl sites for hydroxylation is 1. The fraction of sp³-hybridized carbons (Fsp3) is 0.533. The molecular formula is C15H21ClO4. The molecule has 0 bridgehead atoms. The third-order valence-corrected chi connectivity index (χ3v) is 3.02. The number of halogens is 1. The van der Waals surface area contributed by atoms with Gasteiger partial charge in [-0.25, -0.2) is 0 Å². The molecule has 0 fully saturated rings. The summed E-state index contributed by atoms with van der Waals surface area (Å²) in [4.78, 5) is 10.6. The molecule has 0 aliphatic rings. The Labute approximate surface area is 124 Å². The number of carboxylic acids is 1. The van der Waals surface area contributed by atoms with Gasteiger partial charge in [0.1, 0.15) is 0 Å². The van der Waals surface area contributed by atoms with Crippen molar-refractivity contribution in [2.24, 2.45) is 0 Å². The molecule has 1 aromatic rings. The molecule has 0 radical (unpaired) electrons. The van der Waals surface area contributed by atoms with Crippen LogP contribution in [0, 0.1) is 0 Å². The highest BCUT2D eigenvalue weighted by Gasteiger charge is 2.13. The van der Waals surface area contributed by atoms with Crippen LogP contribution in [0.3, 0.4) is 0 Å². The zero-order valence-corrected chi connectivity index (χ0v) is 12.7. The molecule has 0 saturated heterocycles. The third kappa shape index (κ3) is 5.29. The van der Waals surface area contributed by atoms with Gasteiger partial charge in [0.15, 0.2) is 11.5 Å². The van der Waals surface area contributed by atoms with Crippen molar-refractivity contribution in [2.75, 3.05) is 13.2 Å².